The molecule has 0 rings (SSSR count). The van der Waals surface area contributed by atoms with E-state index in [1.165, 1.54) is 25.7 Å². The number of hydrogen-bond acceptors (Lipinski definition) is 1. The van der Waals surface area contributed by atoms with E-state index < -0.39 is 0 Å². The Balaban J connectivity index is 3.31. The standard InChI is InChI=1S/C13H25N3/c1-3-5-7-9-11-15-13(14)16-12-10-8-6-4-2/h1H,4-12H2,2H3,(H3,14,15,16). The summed E-state index contributed by atoms with van der Waals surface area (Å²) < 4.78 is 0. The van der Waals surface area contributed by atoms with Crippen molar-refractivity contribution in [1.82, 2.24) is 5.32 Å². The lowest BCUT2D eigenvalue weighted by atomic mass is 10.2. The molecule has 3 nitrogen and oxygen atoms in total. The van der Waals surface area contributed by atoms with E-state index in [1.54, 1.807) is 0 Å². The minimum Gasteiger partial charge on any atom is -0.370 e. The second kappa shape index (κ2) is 11.9. The third kappa shape index (κ3) is 10.9. The van der Waals surface area contributed by atoms with Crippen molar-refractivity contribution in [2.45, 2.75) is 51.9 Å². The Morgan fingerprint density at radius 2 is 2.06 bits per heavy atom. The van der Waals surface area contributed by atoms with Crippen LogP contribution in [0.15, 0.2) is 4.99 Å². The first-order chi connectivity index (χ1) is 7.81. The van der Waals surface area contributed by atoms with E-state index >= 15 is 0 Å². The van der Waals surface area contributed by atoms with Crippen LogP contribution in [-0.4, -0.2) is 19.0 Å². The molecular formula is C13H25N3. The molecule has 0 aliphatic heterocycles. The van der Waals surface area contributed by atoms with Crippen molar-refractivity contribution < 1.29 is 0 Å². The lowest BCUT2D eigenvalue weighted by molar-refractivity contribution is 0.651. The van der Waals surface area contributed by atoms with Gasteiger partial charge in [-0.05, 0) is 19.3 Å². The summed E-state index contributed by atoms with van der Waals surface area (Å²) in [6.45, 7) is 3.91. The van der Waals surface area contributed by atoms with Crippen LogP contribution in [0.3, 0.4) is 0 Å². The number of nitrogens with one attached hydrogen (secondary N) is 1. The zero-order chi connectivity index (χ0) is 12.1. The number of aliphatic imine (C=N–C) groups is 1. The second-order valence-electron chi connectivity index (χ2n) is 3.92. The zero-order valence-corrected chi connectivity index (χ0v) is 10.5. The number of guanidine groups is 1. The fourth-order valence-electron chi connectivity index (χ4n) is 1.36. The van der Waals surface area contributed by atoms with Crippen LogP contribution in [0.4, 0.5) is 0 Å². The minimum atomic E-state index is 0.567. The number of unbranched alkanes of at least 4 members (excludes halogenated alkanes) is 5. The quantitative estimate of drug-likeness (QED) is 0.273. The molecule has 3 heteroatoms. The first-order valence-electron chi connectivity index (χ1n) is 6.28. The maximum absolute atomic E-state index is 5.70. The largest absolute Gasteiger partial charge is 0.370 e. The number of nitrogens with two attached hydrogens (primary N) is 1. The van der Waals surface area contributed by atoms with Gasteiger partial charge >= 0.3 is 0 Å². The average Bonchev–Trinajstić information content (AvgIpc) is 2.28. The summed E-state index contributed by atoms with van der Waals surface area (Å²) in [5, 5.41) is 3.12. The minimum absolute atomic E-state index is 0.567. The van der Waals surface area contributed by atoms with Gasteiger partial charge in [-0.3, -0.25) is 4.99 Å². The highest BCUT2D eigenvalue weighted by Crippen LogP contribution is 1.97. The summed E-state index contributed by atoms with van der Waals surface area (Å²) in [4.78, 5) is 4.23. The Bertz CT molecular complexity index is 216. The van der Waals surface area contributed by atoms with E-state index in [9.17, 15) is 0 Å². The molecule has 0 aromatic rings. The smallest absolute Gasteiger partial charge is 0.188 e. The predicted molar refractivity (Wildman–Crippen MR) is 71.3 cm³/mol. The molecule has 16 heavy (non-hydrogen) atoms. The van der Waals surface area contributed by atoms with Crippen LogP contribution in [0, 0.1) is 12.3 Å². The highest BCUT2D eigenvalue weighted by Gasteiger charge is 1.91. The molecule has 0 amide bonds. The molecule has 0 spiro atoms. The predicted octanol–water partition coefficient (Wildman–Crippen LogP) is 2.27. The van der Waals surface area contributed by atoms with Gasteiger partial charge in [-0.2, -0.15) is 0 Å². The summed E-state index contributed by atoms with van der Waals surface area (Å²) in [5.74, 6) is 3.18. The van der Waals surface area contributed by atoms with Crippen LogP contribution in [0.25, 0.3) is 0 Å². The fraction of sp³-hybridized carbons (Fsp3) is 0.769. The SMILES string of the molecule is C#CCCCCN=C(N)NCCCCCC. The highest BCUT2D eigenvalue weighted by molar-refractivity contribution is 5.77. The van der Waals surface area contributed by atoms with Crippen molar-refractivity contribution in [3.63, 3.8) is 0 Å². The second-order valence-corrected chi connectivity index (χ2v) is 3.92. The summed E-state index contributed by atoms with van der Waals surface area (Å²) in [6, 6.07) is 0. The third-order valence-electron chi connectivity index (χ3n) is 2.35. The summed E-state index contributed by atoms with van der Waals surface area (Å²) in [5.41, 5.74) is 5.70. The summed E-state index contributed by atoms with van der Waals surface area (Å²) in [6.07, 6.45) is 13.0. The fourth-order valence-corrected chi connectivity index (χ4v) is 1.36. The monoisotopic (exact) mass is 223 g/mol. The van der Waals surface area contributed by atoms with Crippen LogP contribution in [-0.2, 0) is 0 Å². The van der Waals surface area contributed by atoms with E-state index in [2.05, 4.69) is 23.2 Å². The van der Waals surface area contributed by atoms with Crippen molar-refractivity contribution in [2.75, 3.05) is 13.1 Å². The maximum atomic E-state index is 5.70. The molecule has 0 aromatic heterocycles. The Morgan fingerprint density at radius 3 is 2.75 bits per heavy atom. The van der Waals surface area contributed by atoms with Crippen LogP contribution >= 0.6 is 0 Å². The van der Waals surface area contributed by atoms with E-state index in [1.807, 2.05) is 0 Å². The lowest BCUT2D eigenvalue weighted by Gasteiger charge is -2.04. The molecular weight excluding hydrogens is 198 g/mol. The van der Waals surface area contributed by atoms with Gasteiger partial charge in [-0.25, -0.2) is 0 Å². The molecule has 0 unspecified atom stereocenters. The van der Waals surface area contributed by atoms with Gasteiger partial charge in [0.05, 0.1) is 0 Å². The first-order valence-corrected chi connectivity index (χ1v) is 6.28. The van der Waals surface area contributed by atoms with Crippen molar-refractivity contribution in [1.29, 1.82) is 0 Å². The molecule has 0 aromatic carbocycles. The highest BCUT2D eigenvalue weighted by atomic mass is 15.1. The molecule has 0 heterocycles. The zero-order valence-electron chi connectivity index (χ0n) is 10.5. The average molecular weight is 223 g/mol. The summed E-state index contributed by atoms with van der Waals surface area (Å²) in [7, 11) is 0. The van der Waals surface area contributed by atoms with E-state index in [-0.39, 0.29) is 0 Å². The van der Waals surface area contributed by atoms with Gasteiger partial charge in [0.2, 0.25) is 0 Å². The molecule has 0 aliphatic rings. The van der Waals surface area contributed by atoms with Gasteiger partial charge in [-0.15, -0.1) is 12.3 Å². The van der Waals surface area contributed by atoms with Crippen molar-refractivity contribution >= 4 is 5.96 Å². The molecule has 0 aliphatic carbocycles. The number of hydrogen-bond donors (Lipinski definition) is 2. The van der Waals surface area contributed by atoms with Gasteiger partial charge in [0.15, 0.2) is 5.96 Å². The number of nitrogens with zero attached hydrogens (tertiary/aromatic N) is 1. The first kappa shape index (κ1) is 14.8. The van der Waals surface area contributed by atoms with Gasteiger partial charge in [-0.1, -0.05) is 26.2 Å². The number of rotatable bonds is 9. The normalized spacial score (nSPS) is 11.1. The molecule has 0 radical (unpaired) electrons. The van der Waals surface area contributed by atoms with Gasteiger partial charge in [0.1, 0.15) is 0 Å². The van der Waals surface area contributed by atoms with E-state index in [4.69, 9.17) is 12.2 Å². The van der Waals surface area contributed by atoms with Crippen LogP contribution in [0.2, 0.25) is 0 Å². The van der Waals surface area contributed by atoms with Gasteiger partial charge in [0, 0.05) is 19.5 Å². The lowest BCUT2D eigenvalue weighted by Crippen LogP contribution is -2.32. The molecule has 3 N–H and O–H groups in total. The van der Waals surface area contributed by atoms with E-state index in [0.717, 1.165) is 32.4 Å². The van der Waals surface area contributed by atoms with Gasteiger partial charge < -0.3 is 11.1 Å². The van der Waals surface area contributed by atoms with Crippen LogP contribution < -0.4 is 11.1 Å². The van der Waals surface area contributed by atoms with Crippen molar-refractivity contribution in [3.05, 3.63) is 0 Å². The van der Waals surface area contributed by atoms with Crippen molar-refractivity contribution in [3.8, 4) is 12.3 Å². The Hall–Kier alpha value is -1.17. The third-order valence-corrected chi connectivity index (χ3v) is 2.35. The molecule has 0 saturated carbocycles. The Kier molecular flexibility index (Phi) is 11.0. The molecule has 0 atom stereocenters. The number of terminal acetylenes is 1. The van der Waals surface area contributed by atoms with Crippen molar-refractivity contribution in [2.24, 2.45) is 10.7 Å². The molecule has 0 bridgehead atoms. The Labute approximate surface area is 99.9 Å². The maximum Gasteiger partial charge on any atom is 0.188 e. The van der Waals surface area contributed by atoms with E-state index in [0.29, 0.717) is 5.96 Å². The van der Waals surface area contributed by atoms with Crippen LogP contribution in [0.5, 0.6) is 0 Å². The molecule has 0 fully saturated rings. The van der Waals surface area contributed by atoms with Gasteiger partial charge in [0.25, 0.3) is 0 Å². The molecule has 0 saturated heterocycles. The van der Waals surface area contributed by atoms with Crippen LogP contribution in [0.1, 0.15) is 51.9 Å². The summed E-state index contributed by atoms with van der Waals surface area (Å²) >= 11 is 0. The molecule has 92 valence electrons. The Morgan fingerprint density at radius 1 is 1.25 bits per heavy atom. The topological polar surface area (TPSA) is 50.4 Å².